The van der Waals surface area contributed by atoms with Gasteiger partial charge in [0.25, 0.3) is 0 Å². The summed E-state index contributed by atoms with van der Waals surface area (Å²) in [5, 5.41) is 2.82. The lowest BCUT2D eigenvalue weighted by Crippen LogP contribution is -2.54. The average Bonchev–Trinajstić information content (AvgIpc) is 2.53. The van der Waals surface area contributed by atoms with E-state index in [4.69, 9.17) is 0 Å². The van der Waals surface area contributed by atoms with Gasteiger partial charge < -0.3 is 15.1 Å². The molecule has 0 radical (unpaired) electrons. The highest BCUT2D eigenvalue weighted by molar-refractivity contribution is 5.87. The van der Waals surface area contributed by atoms with Crippen molar-refractivity contribution in [1.82, 2.24) is 15.2 Å². The molecule has 0 unspecified atom stereocenters. The van der Waals surface area contributed by atoms with Crippen molar-refractivity contribution in [3.63, 3.8) is 0 Å². The standard InChI is InChI=1S/C18H28N4O2/c1-14(20-16(23)13-18(2,3)4)17(24)22-11-9-21(10-12-22)15-7-5-6-8-19-15/h5-8,14H,9-13H2,1-4H3,(H,20,23)/t14-/m1/s1. The van der Waals surface area contributed by atoms with Crippen molar-refractivity contribution in [1.29, 1.82) is 0 Å². The summed E-state index contributed by atoms with van der Waals surface area (Å²) in [5.74, 6) is 0.851. The molecule has 1 aliphatic rings. The summed E-state index contributed by atoms with van der Waals surface area (Å²) in [5.41, 5.74) is -0.0822. The number of rotatable bonds is 4. The highest BCUT2D eigenvalue weighted by Crippen LogP contribution is 2.18. The lowest BCUT2D eigenvalue weighted by atomic mass is 9.92. The maximum atomic E-state index is 12.5. The molecular formula is C18H28N4O2. The Morgan fingerprint density at radius 3 is 2.42 bits per heavy atom. The molecule has 0 bridgehead atoms. The SMILES string of the molecule is C[C@@H](NC(=O)CC(C)(C)C)C(=O)N1CCN(c2ccccn2)CC1. The number of aromatic nitrogens is 1. The van der Waals surface area contributed by atoms with Crippen molar-refractivity contribution < 1.29 is 9.59 Å². The number of piperazine rings is 1. The van der Waals surface area contributed by atoms with E-state index in [0.717, 1.165) is 18.9 Å². The maximum Gasteiger partial charge on any atom is 0.244 e. The fourth-order valence-electron chi connectivity index (χ4n) is 2.81. The Hall–Kier alpha value is -2.11. The monoisotopic (exact) mass is 332 g/mol. The largest absolute Gasteiger partial charge is 0.353 e. The second-order valence-corrected chi connectivity index (χ2v) is 7.53. The second kappa shape index (κ2) is 7.64. The Kier molecular flexibility index (Phi) is 5.80. The van der Waals surface area contributed by atoms with Gasteiger partial charge >= 0.3 is 0 Å². The highest BCUT2D eigenvalue weighted by atomic mass is 16.2. The van der Waals surface area contributed by atoms with Crippen LogP contribution in [0.25, 0.3) is 0 Å². The Morgan fingerprint density at radius 1 is 1.21 bits per heavy atom. The molecular weight excluding hydrogens is 304 g/mol. The second-order valence-electron chi connectivity index (χ2n) is 7.53. The number of nitrogens with zero attached hydrogens (tertiary/aromatic N) is 3. The van der Waals surface area contributed by atoms with E-state index in [1.54, 1.807) is 13.1 Å². The molecule has 1 aromatic rings. The molecule has 6 nitrogen and oxygen atoms in total. The summed E-state index contributed by atoms with van der Waals surface area (Å²) in [6, 6.07) is 5.35. The van der Waals surface area contributed by atoms with Crippen molar-refractivity contribution in [2.24, 2.45) is 5.41 Å². The fourth-order valence-corrected chi connectivity index (χ4v) is 2.81. The van der Waals surface area contributed by atoms with E-state index in [1.165, 1.54) is 0 Å². The van der Waals surface area contributed by atoms with Crippen LogP contribution in [-0.4, -0.2) is 53.9 Å². The zero-order valence-corrected chi connectivity index (χ0v) is 15.1. The molecule has 1 aliphatic heterocycles. The molecule has 2 heterocycles. The molecule has 6 heteroatoms. The molecule has 2 rings (SSSR count). The molecule has 1 fully saturated rings. The van der Waals surface area contributed by atoms with Crippen LogP contribution in [-0.2, 0) is 9.59 Å². The van der Waals surface area contributed by atoms with Gasteiger partial charge in [0.1, 0.15) is 11.9 Å². The summed E-state index contributed by atoms with van der Waals surface area (Å²) >= 11 is 0. The third kappa shape index (κ3) is 5.22. The summed E-state index contributed by atoms with van der Waals surface area (Å²) < 4.78 is 0. The van der Waals surface area contributed by atoms with E-state index in [1.807, 2.05) is 43.9 Å². The van der Waals surface area contributed by atoms with E-state index in [-0.39, 0.29) is 17.2 Å². The van der Waals surface area contributed by atoms with Crippen molar-refractivity contribution in [2.75, 3.05) is 31.1 Å². The first kappa shape index (κ1) is 18.2. The van der Waals surface area contributed by atoms with Gasteiger partial charge in [-0.1, -0.05) is 26.8 Å². The Bertz CT molecular complexity index is 560. The molecule has 1 N–H and O–H groups in total. The predicted molar refractivity (Wildman–Crippen MR) is 94.7 cm³/mol. The van der Waals surface area contributed by atoms with Crippen LogP contribution in [0.4, 0.5) is 5.82 Å². The van der Waals surface area contributed by atoms with Crippen LogP contribution in [0.1, 0.15) is 34.1 Å². The fraction of sp³-hybridized carbons (Fsp3) is 0.611. The van der Waals surface area contributed by atoms with Gasteiger partial charge in [-0.2, -0.15) is 0 Å². The van der Waals surface area contributed by atoms with Crippen LogP contribution < -0.4 is 10.2 Å². The van der Waals surface area contributed by atoms with E-state index in [2.05, 4.69) is 15.2 Å². The van der Waals surface area contributed by atoms with Crippen LogP contribution in [0.15, 0.2) is 24.4 Å². The average molecular weight is 332 g/mol. The maximum absolute atomic E-state index is 12.5. The smallest absolute Gasteiger partial charge is 0.244 e. The molecule has 24 heavy (non-hydrogen) atoms. The minimum atomic E-state index is -0.485. The summed E-state index contributed by atoms with van der Waals surface area (Å²) in [6.07, 6.45) is 2.19. The molecule has 132 valence electrons. The number of carbonyl (C=O) groups excluding carboxylic acids is 2. The quantitative estimate of drug-likeness (QED) is 0.911. The van der Waals surface area contributed by atoms with E-state index >= 15 is 0 Å². The van der Waals surface area contributed by atoms with Crippen molar-refractivity contribution in [2.45, 2.75) is 40.2 Å². The van der Waals surface area contributed by atoms with Crippen LogP contribution >= 0.6 is 0 Å². The Morgan fingerprint density at radius 2 is 1.88 bits per heavy atom. The Balaban J connectivity index is 1.82. The van der Waals surface area contributed by atoms with Crippen molar-refractivity contribution in [3.8, 4) is 0 Å². The topological polar surface area (TPSA) is 65.5 Å². The van der Waals surface area contributed by atoms with Crippen LogP contribution in [0.5, 0.6) is 0 Å². The van der Waals surface area contributed by atoms with E-state index < -0.39 is 6.04 Å². The van der Waals surface area contributed by atoms with Gasteiger partial charge in [-0.3, -0.25) is 9.59 Å². The van der Waals surface area contributed by atoms with Gasteiger partial charge in [0.15, 0.2) is 0 Å². The van der Waals surface area contributed by atoms with Gasteiger partial charge in [0.2, 0.25) is 11.8 Å². The molecule has 1 aromatic heterocycles. The van der Waals surface area contributed by atoms with Gasteiger partial charge in [-0.25, -0.2) is 4.98 Å². The first-order valence-electron chi connectivity index (χ1n) is 8.50. The van der Waals surface area contributed by atoms with Crippen molar-refractivity contribution in [3.05, 3.63) is 24.4 Å². The van der Waals surface area contributed by atoms with E-state index in [9.17, 15) is 9.59 Å². The molecule has 1 saturated heterocycles. The minimum absolute atomic E-state index is 0.0158. The van der Waals surface area contributed by atoms with E-state index in [0.29, 0.717) is 19.5 Å². The first-order valence-corrected chi connectivity index (χ1v) is 8.50. The summed E-state index contributed by atoms with van der Waals surface area (Å²) in [6.45, 7) is 10.6. The molecule has 1 atom stereocenters. The van der Waals surface area contributed by atoms with Gasteiger partial charge in [-0.05, 0) is 24.5 Å². The zero-order chi connectivity index (χ0) is 17.7. The first-order chi connectivity index (χ1) is 11.3. The van der Waals surface area contributed by atoms with Gasteiger partial charge in [0, 0.05) is 38.8 Å². The number of amides is 2. The highest BCUT2D eigenvalue weighted by Gasteiger charge is 2.27. The number of anilines is 1. The van der Waals surface area contributed by atoms with Crippen molar-refractivity contribution >= 4 is 17.6 Å². The lowest BCUT2D eigenvalue weighted by molar-refractivity contribution is -0.136. The lowest BCUT2D eigenvalue weighted by Gasteiger charge is -2.36. The number of nitrogens with one attached hydrogen (secondary N) is 1. The predicted octanol–water partition coefficient (Wildman–Crippen LogP) is 1.67. The molecule has 0 aromatic carbocycles. The number of hydrogen-bond acceptors (Lipinski definition) is 4. The number of pyridine rings is 1. The molecule has 0 aliphatic carbocycles. The van der Waals surface area contributed by atoms with Crippen LogP contribution in [0, 0.1) is 5.41 Å². The van der Waals surface area contributed by atoms with Gasteiger partial charge in [-0.15, -0.1) is 0 Å². The summed E-state index contributed by atoms with van der Waals surface area (Å²) in [4.78, 5) is 32.9. The molecule has 0 saturated carbocycles. The van der Waals surface area contributed by atoms with Gasteiger partial charge in [0.05, 0.1) is 0 Å². The summed E-state index contributed by atoms with van der Waals surface area (Å²) in [7, 11) is 0. The third-order valence-corrected chi connectivity index (χ3v) is 4.00. The third-order valence-electron chi connectivity index (χ3n) is 4.00. The zero-order valence-electron chi connectivity index (χ0n) is 15.1. The van der Waals surface area contributed by atoms with Crippen LogP contribution in [0.2, 0.25) is 0 Å². The van der Waals surface area contributed by atoms with Crippen LogP contribution in [0.3, 0.4) is 0 Å². The number of hydrogen-bond donors (Lipinski definition) is 1. The Labute approximate surface area is 144 Å². The minimum Gasteiger partial charge on any atom is -0.353 e. The normalized spacial score (nSPS) is 16.7. The molecule has 0 spiro atoms. The number of carbonyl (C=O) groups is 2. The molecule has 2 amide bonds.